The minimum Gasteiger partial charge on any atom is -0.497 e. The number of amides is 2. The third-order valence-electron chi connectivity index (χ3n) is 5.51. The summed E-state index contributed by atoms with van der Waals surface area (Å²) in [6.07, 6.45) is 5.62. The summed E-state index contributed by atoms with van der Waals surface area (Å²) in [5.74, 6) is 2.27. The van der Waals surface area contributed by atoms with E-state index in [-0.39, 0.29) is 18.2 Å². The summed E-state index contributed by atoms with van der Waals surface area (Å²) in [7, 11) is 3.29. The number of ether oxygens (including phenoxy) is 3. The number of carbonyl (C=O) groups excluding carboxylic acids is 1. The van der Waals surface area contributed by atoms with Crippen LogP contribution in [0, 0.1) is 0 Å². The number of hydrogen-bond acceptors (Lipinski definition) is 4. The molecule has 30 heavy (non-hydrogen) atoms. The topological polar surface area (TPSA) is 68.8 Å². The molecule has 2 aromatic rings. The smallest absolute Gasteiger partial charge is 0.315 e. The minimum atomic E-state index is -0.202. The molecule has 0 aromatic heterocycles. The van der Waals surface area contributed by atoms with Crippen LogP contribution in [-0.4, -0.2) is 26.4 Å². The van der Waals surface area contributed by atoms with Gasteiger partial charge in [0.05, 0.1) is 26.4 Å². The summed E-state index contributed by atoms with van der Waals surface area (Å²) < 4.78 is 16.8. The van der Waals surface area contributed by atoms with Crippen molar-refractivity contribution < 1.29 is 19.0 Å². The lowest BCUT2D eigenvalue weighted by Gasteiger charge is -2.19. The Morgan fingerprint density at radius 1 is 1.03 bits per heavy atom. The van der Waals surface area contributed by atoms with Crippen molar-refractivity contribution in [2.24, 2.45) is 0 Å². The fourth-order valence-corrected chi connectivity index (χ4v) is 3.76. The van der Waals surface area contributed by atoms with E-state index in [1.165, 1.54) is 12.8 Å². The number of nitrogens with one attached hydrogen (secondary N) is 2. The third-order valence-corrected chi connectivity index (χ3v) is 5.51. The second kappa shape index (κ2) is 10.8. The summed E-state index contributed by atoms with van der Waals surface area (Å²) >= 11 is 0. The van der Waals surface area contributed by atoms with Gasteiger partial charge in [-0.1, -0.05) is 25.1 Å². The normalized spacial score (nSPS) is 14.8. The Bertz CT molecular complexity index is 816. The Morgan fingerprint density at radius 3 is 2.40 bits per heavy atom. The van der Waals surface area contributed by atoms with Crippen LogP contribution in [0.3, 0.4) is 0 Å². The van der Waals surface area contributed by atoms with Gasteiger partial charge in [-0.25, -0.2) is 4.79 Å². The van der Waals surface area contributed by atoms with Crippen LogP contribution in [0.25, 0.3) is 0 Å². The Hall–Kier alpha value is -2.89. The van der Waals surface area contributed by atoms with Crippen LogP contribution < -0.4 is 24.8 Å². The molecule has 3 rings (SSSR count). The lowest BCUT2D eigenvalue weighted by molar-refractivity contribution is 0.200. The summed E-state index contributed by atoms with van der Waals surface area (Å²) in [6, 6.07) is 13.3. The van der Waals surface area contributed by atoms with Gasteiger partial charge in [0.1, 0.15) is 5.75 Å². The summed E-state index contributed by atoms with van der Waals surface area (Å²) in [5, 5.41) is 5.98. The number of carbonyl (C=O) groups is 1. The van der Waals surface area contributed by atoms with Gasteiger partial charge in [0.2, 0.25) is 0 Å². The number of hydrogen-bond donors (Lipinski definition) is 2. The number of rotatable bonds is 9. The van der Waals surface area contributed by atoms with Gasteiger partial charge in [0.25, 0.3) is 0 Å². The van der Waals surface area contributed by atoms with Gasteiger partial charge in [-0.2, -0.15) is 0 Å². The lowest BCUT2D eigenvalue weighted by atomic mass is 10.0. The Labute approximate surface area is 178 Å². The molecule has 162 valence electrons. The molecule has 0 bridgehead atoms. The highest BCUT2D eigenvalue weighted by atomic mass is 16.5. The molecule has 6 nitrogen and oxygen atoms in total. The first-order chi connectivity index (χ1) is 14.6. The predicted molar refractivity (Wildman–Crippen MR) is 117 cm³/mol. The first-order valence-electron chi connectivity index (χ1n) is 10.6. The highest BCUT2D eigenvalue weighted by Gasteiger charge is 2.19. The molecule has 1 atom stereocenters. The van der Waals surface area contributed by atoms with E-state index >= 15 is 0 Å². The van der Waals surface area contributed by atoms with Crippen molar-refractivity contribution in [2.45, 2.75) is 57.7 Å². The number of urea groups is 1. The van der Waals surface area contributed by atoms with Crippen LogP contribution >= 0.6 is 0 Å². The molecule has 1 aliphatic rings. The average Bonchev–Trinajstić information content (AvgIpc) is 3.29. The second-order valence-electron chi connectivity index (χ2n) is 7.57. The van der Waals surface area contributed by atoms with E-state index in [9.17, 15) is 4.79 Å². The quantitative estimate of drug-likeness (QED) is 0.610. The number of benzene rings is 2. The van der Waals surface area contributed by atoms with Gasteiger partial charge >= 0.3 is 6.03 Å². The van der Waals surface area contributed by atoms with Gasteiger partial charge in [-0.05, 0) is 67.5 Å². The van der Waals surface area contributed by atoms with Crippen LogP contribution in [0.4, 0.5) is 4.79 Å². The molecule has 0 spiro atoms. The molecule has 2 N–H and O–H groups in total. The Balaban J connectivity index is 1.57. The van der Waals surface area contributed by atoms with Crippen molar-refractivity contribution in [1.29, 1.82) is 0 Å². The molecular weight excluding hydrogens is 380 g/mol. The van der Waals surface area contributed by atoms with Crippen molar-refractivity contribution in [1.82, 2.24) is 10.6 Å². The summed E-state index contributed by atoms with van der Waals surface area (Å²) in [4.78, 5) is 12.5. The van der Waals surface area contributed by atoms with Gasteiger partial charge in [0, 0.05) is 6.54 Å². The largest absolute Gasteiger partial charge is 0.497 e. The van der Waals surface area contributed by atoms with E-state index in [1.54, 1.807) is 14.2 Å². The van der Waals surface area contributed by atoms with Crippen LogP contribution in [0.5, 0.6) is 17.2 Å². The Morgan fingerprint density at radius 2 is 1.77 bits per heavy atom. The van der Waals surface area contributed by atoms with Crippen molar-refractivity contribution in [3.8, 4) is 17.2 Å². The van der Waals surface area contributed by atoms with E-state index in [0.29, 0.717) is 6.54 Å². The Kier molecular flexibility index (Phi) is 7.82. The molecule has 0 aliphatic heterocycles. The highest BCUT2D eigenvalue weighted by molar-refractivity contribution is 5.74. The van der Waals surface area contributed by atoms with Crippen molar-refractivity contribution in [3.05, 3.63) is 53.6 Å². The third kappa shape index (κ3) is 5.81. The van der Waals surface area contributed by atoms with E-state index < -0.39 is 0 Å². The molecular formula is C24H32N2O4. The number of methoxy groups -OCH3 is 2. The zero-order valence-corrected chi connectivity index (χ0v) is 18.1. The van der Waals surface area contributed by atoms with Crippen molar-refractivity contribution in [3.63, 3.8) is 0 Å². The molecule has 1 unspecified atom stereocenters. The molecule has 1 aliphatic carbocycles. The first kappa shape index (κ1) is 21.8. The molecule has 1 saturated carbocycles. The average molecular weight is 413 g/mol. The maximum Gasteiger partial charge on any atom is 0.315 e. The highest BCUT2D eigenvalue weighted by Crippen LogP contribution is 2.32. The molecule has 0 heterocycles. The van der Waals surface area contributed by atoms with E-state index in [2.05, 4.69) is 10.6 Å². The maximum atomic E-state index is 12.5. The second-order valence-corrected chi connectivity index (χ2v) is 7.57. The van der Waals surface area contributed by atoms with Crippen molar-refractivity contribution >= 4 is 6.03 Å². The standard InChI is InChI=1S/C24H32N2O4/c1-4-21(18-10-12-19(28-2)13-11-18)26-24(27)25-16-17-9-14-22(29-3)23(15-17)30-20-7-5-6-8-20/h9-15,20-21H,4-8,16H2,1-3H3,(H2,25,26,27). The van der Waals surface area contributed by atoms with Crippen LogP contribution in [0.15, 0.2) is 42.5 Å². The van der Waals surface area contributed by atoms with Gasteiger partial charge in [-0.3, -0.25) is 0 Å². The summed E-state index contributed by atoms with van der Waals surface area (Å²) in [6.45, 7) is 2.46. The van der Waals surface area contributed by atoms with E-state index in [1.807, 2.05) is 49.4 Å². The lowest BCUT2D eigenvalue weighted by Crippen LogP contribution is -2.37. The molecule has 0 radical (unpaired) electrons. The fourth-order valence-electron chi connectivity index (χ4n) is 3.76. The van der Waals surface area contributed by atoms with Crippen LogP contribution in [0.1, 0.15) is 56.2 Å². The molecule has 2 amide bonds. The predicted octanol–water partition coefficient (Wildman–Crippen LogP) is 4.98. The zero-order chi connectivity index (χ0) is 21.3. The zero-order valence-electron chi connectivity index (χ0n) is 18.1. The monoisotopic (exact) mass is 412 g/mol. The van der Waals surface area contributed by atoms with Gasteiger partial charge in [0.15, 0.2) is 11.5 Å². The van der Waals surface area contributed by atoms with Gasteiger partial charge < -0.3 is 24.8 Å². The summed E-state index contributed by atoms with van der Waals surface area (Å²) in [5.41, 5.74) is 2.02. The molecule has 6 heteroatoms. The first-order valence-corrected chi connectivity index (χ1v) is 10.6. The van der Waals surface area contributed by atoms with E-state index in [0.717, 1.165) is 47.6 Å². The molecule has 0 saturated heterocycles. The van der Waals surface area contributed by atoms with Crippen LogP contribution in [-0.2, 0) is 6.54 Å². The fraction of sp³-hybridized carbons (Fsp3) is 0.458. The molecule has 2 aromatic carbocycles. The van der Waals surface area contributed by atoms with E-state index in [4.69, 9.17) is 14.2 Å². The van der Waals surface area contributed by atoms with Crippen LogP contribution in [0.2, 0.25) is 0 Å². The maximum absolute atomic E-state index is 12.5. The minimum absolute atomic E-state index is 0.0620. The SMILES string of the molecule is CCC(NC(=O)NCc1ccc(OC)c(OC2CCCC2)c1)c1ccc(OC)cc1. The molecule has 1 fully saturated rings. The van der Waals surface area contributed by atoms with Crippen molar-refractivity contribution in [2.75, 3.05) is 14.2 Å². The van der Waals surface area contributed by atoms with Gasteiger partial charge in [-0.15, -0.1) is 0 Å².